The van der Waals surface area contributed by atoms with Gasteiger partial charge in [-0.25, -0.2) is 10.8 Å². The van der Waals surface area contributed by atoms with Crippen LogP contribution in [0.5, 0.6) is 0 Å². The van der Waals surface area contributed by atoms with Crippen molar-refractivity contribution in [3.05, 3.63) is 92.9 Å². The Labute approximate surface area is 272 Å². The van der Waals surface area contributed by atoms with Crippen molar-refractivity contribution < 1.29 is 9.59 Å². The molecule has 2 aromatic heterocycles. The van der Waals surface area contributed by atoms with Crippen LogP contribution >= 0.6 is 24.0 Å². The molecule has 5 N–H and O–H groups in total. The molecular weight excluding hydrogens is 617 g/mol. The number of nitrogens with zero attached hydrogens (tertiary/aromatic N) is 5. The number of benzene rings is 2. The molecule has 1 fully saturated rings. The van der Waals surface area contributed by atoms with Crippen LogP contribution in [0.1, 0.15) is 45.7 Å². The van der Waals surface area contributed by atoms with E-state index in [9.17, 15) is 14.4 Å². The molecule has 2 amide bonds. The lowest BCUT2D eigenvalue weighted by Gasteiger charge is -2.32. The summed E-state index contributed by atoms with van der Waals surface area (Å²) in [5.74, 6) is 5.39. The first-order valence-electron chi connectivity index (χ1n) is 14.5. The minimum atomic E-state index is -0.701. The van der Waals surface area contributed by atoms with E-state index < -0.39 is 23.4 Å². The maximum absolute atomic E-state index is 13.2. The van der Waals surface area contributed by atoms with E-state index >= 15 is 0 Å². The van der Waals surface area contributed by atoms with Crippen molar-refractivity contribution in [1.82, 2.24) is 29.8 Å². The number of hydrogen-bond acceptors (Lipinski definition) is 9. The predicted octanol–water partition coefficient (Wildman–Crippen LogP) is 3.77. The number of aromatic amines is 1. The Kier molecular flexibility index (Phi) is 11.5. The largest absolute Gasteiger partial charge is 0.354 e. The number of carbonyl (C=O) groups excluding carboxylic acids is 2. The summed E-state index contributed by atoms with van der Waals surface area (Å²) in [5.41, 5.74) is 0.788. The minimum Gasteiger partial charge on any atom is -0.354 e. The van der Waals surface area contributed by atoms with Gasteiger partial charge in [0.25, 0.3) is 17.4 Å². The third kappa shape index (κ3) is 8.35. The number of piperazine rings is 1. The molecule has 0 aliphatic carbocycles. The van der Waals surface area contributed by atoms with Gasteiger partial charge in [0.2, 0.25) is 5.95 Å². The SMILES string of the molecule is CC(c1ccccc1)N(N)C(=O)c1ccc(Cl)c(NC(=O)c2cc3cnc(NCCCN4CCN(C)CC4)nc3[nH]c2=O)c1.Cl. The fraction of sp³-hybridized carbons (Fsp3) is 0.323. The second kappa shape index (κ2) is 15.3. The number of amides is 2. The molecule has 1 aliphatic rings. The number of fused-ring (bicyclic) bond motifs is 1. The average molecular weight is 655 g/mol. The molecule has 1 saturated heterocycles. The molecule has 238 valence electrons. The Hall–Kier alpha value is -4.07. The van der Waals surface area contributed by atoms with Crippen LogP contribution in [0.3, 0.4) is 0 Å². The number of aromatic nitrogens is 3. The number of rotatable bonds is 10. The number of hydrazine groups is 1. The molecule has 0 spiro atoms. The molecular formula is C31H37Cl2N9O3. The van der Waals surface area contributed by atoms with Crippen LogP contribution in [0, 0.1) is 0 Å². The van der Waals surface area contributed by atoms with Gasteiger partial charge < -0.3 is 25.4 Å². The summed E-state index contributed by atoms with van der Waals surface area (Å²) >= 11 is 6.34. The number of nitrogens with two attached hydrogens (primary N) is 1. The molecule has 14 heteroatoms. The van der Waals surface area contributed by atoms with Crippen LogP contribution in [-0.4, -0.2) is 87.9 Å². The summed E-state index contributed by atoms with van der Waals surface area (Å²) in [7, 11) is 2.14. The number of halogens is 2. The topological polar surface area (TPSA) is 153 Å². The molecule has 0 bridgehead atoms. The lowest BCUT2D eigenvalue weighted by Crippen LogP contribution is -2.44. The van der Waals surface area contributed by atoms with Gasteiger partial charge in [-0.15, -0.1) is 12.4 Å². The van der Waals surface area contributed by atoms with E-state index in [0.717, 1.165) is 49.7 Å². The van der Waals surface area contributed by atoms with Crippen molar-refractivity contribution in [2.75, 3.05) is 56.9 Å². The van der Waals surface area contributed by atoms with Gasteiger partial charge in [0.1, 0.15) is 11.2 Å². The van der Waals surface area contributed by atoms with Crippen LogP contribution in [0.25, 0.3) is 11.0 Å². The van der Waals surface area contributed by atoms with Gasteiger partial charge in [-0.1, -0.05) is 41.9 Å². The highest BCUT2D eigenvalue weighted by atomic mass is 35.5. The van der Waals surface area contributed by atoms with Gasteiger partial charge in [0, 0.05) is 49.9 Å². The van der Waals surface area contributed by atoms with Crippen LogP contribution < -0.4 is 22.0 Å². The molecule has 0 saturated carbocycles. The molecule has 2 aromatic carbocycles. The van der Waals surface area contributed by atoms with E-state index in [0.29, 0.717) is 23.5 Å². The maximum Gasteiger partial charge on any atom is 0.268 e. The van der Waals surface area contributed by atoms with E-state index in [1.807, 2.05) is 37.3 Å². The van der Waals surface area contributed by atoms with Crippen molar-refractivity contribution in [3.8, 4) is 0 Å². The molecule has 4 aromatic rings. The molecule has 3 heterocycles. The first kappa shape index (κ1) is 33.8. The van der Waals surface area contributed by atoms with E-state index in [4.69, 9.17) is 17.4 Å². The van der Waals surface area contributed by atoms with E-state index in [2.05, 4.69) is 42.4 Å². The lowest BCUT2D eigenvalue weighted by atomic mass is 10.1. The standard InChI is InChI=1S/C31H36ClN9O3.ClH/c1-20(21-7-4-3-5-8-21)41(33)30(44)22-9-10-25(32)26(18-22)36-28(42)24-17-23-19-35-31(38-27(23)37-29(24)43)34-11-6-12-40-15-13-39(2)14-16-40;/h3-5,7-10,17-20H,6,11-16,33H2,1-2H3,(H,36,42)(H2,34,35,37,38,43);1H. The van der Waals surface area contributed by atoms with Crippen molar-refractivity contribution in [2.45, 2.75) is 19.4 Å². The molecule has 45 heavy (non-hydrogen) atoms. The third-order valence-corrected chi connectivity index (χ3v) is 8.09. The van der Waals surface area contributed by atoms with Gasteiger partial charge in [0.15, 0.2) is 0 Å². The lowest BCUT2D eigenvalue weighted by molar-refractivity contribution is 0.0690. The summed E-state index contributed by atoms with van der Waals surface area (Å²) < 4.78 is 0. The van der Waals surface area contributed by atoms with Crippen LogP contribution in [0.4, 0.5) is 11.6 Å². The summed E-state index contributed by atoms with van der Waals surface area (Å²) in [6.45, 7) is 7.78. The van der Waals surface area contributed by atoms with Crippen molar-refractivity contribution in [1.29, 1.82) is 0 Å². The molecule has 12 nitrogen and oxygen atoms in total. The number of carbonyl (C=O) groups is 2. The Bertz CT molecular complexity index is 1700. The van der Waals surface area contributed by atoms with Crippen LogP contribution in [-0.2, 0) is 0 Å². The quantitative estimate of drug-likeness (QED) is 0.0867. The van der Waals surface area contributed by atoms with E-state index in [1.165, 1.54) is 24.3 Å². The van der Waals surface area contributed by atoms with Gasteiger partial charge in [0.05, 0.1) is 16.8 Å². The van der Waals surface area contributed by atoms with Gasteiger partial charge in [-0.05, 0) is 56.8 Å². The van der Waals surface area contributed by atoms with Crippen LogP contribution in [0.15, 0.2) is 65.6 Å². The summed E-state index contributed by atoms with van der Waals surface area (Å²) in [5, 5.41) is 7.64. The summed E-state index contributed by atoms with van der Waals surface area (Å²) in [6, 6.07) is 14.9. The zero-order valence-corrected chi connectivity index (χ0v) is 26.7. The van der Waals surface area contributed by atoms with Gasteiger partial charge in [-0.3, -0.25) is 19.4 Å². The number of H-pyrrole nitrogens is 1. The third-order valence-electron chi connectivity index (χ3n) is 7.76. The van der Waals surface area contributed by atoms with E-state index in [1.54, 1.807) is 6.20 Å². The highest BCUT2D eigenvalue weighted by molar-refractivity contribution is 6.34. The zero-order chi connectivity index (χ0) is 31.2. The fourth-order valence-corrected chi connectivity index (χ4v) is 5.15. The number of likely N-dealkylation sites (N-methyl/N-ethyl adjacent to an activating group) is 1. The summed E-state index contributed by atoms with van der Waals surface area (Å²) in [4.78, 5) is 55.4. The maximum atomic E-state index is 13.2. The number of hydrogen-bond donors (Lipinski definition) is 4. The zero-order valence-electron chi connectivity index (χ0n) is 25.1. The van der Waals surface area contributed by atoms with Crippen molar-refractivity contribution in [3.63, 3.8) is 0 Å². The first-order valence-corrected chi connectivity index (χ1v) is 14.9. The minimum absolute atomic E-state index is 0. The van der Waals surface area contributed by atoms with Gasteiger partial charge in [-0.2, -0.15) is 4.98 Å². The highest BCUT2D eigenvalue weighted by Gasteiger charge is 2.22. The van der Waals surface area contributed by atoms with E-state index in [-0.39, 0.29) is 34.2 Å². The second-order valence-electron chi connectivity index (χ2n) is 10.9. The fourth-order valence-electron chi connectivity index (χ4n) is 4.98. The Morgan fingerprint density at radius 2 is 1.84 bits per heavy atom. The molecule has 1 aliphatic heterocycles. The van der Waals surface area contributed by atoms with Crippen molar-refractivity contribution >= 4 is 58.5 Å². The molecule has 5 rings (SSSR count). The monoisotopic (exact) mass is 653 g/mol. The number of pyridine rings is 1. The van der Waals surface area contributed by atoms with Crippen molar-refractivity contribution in [2.24, 2.45) is 5.84 Å². The Balaban J connectivity index is 0.00000461. The Morgan fingerprint density at radius 1 is 1.11 bits per heavy atom. The number of anilines is 2. The molecule has 1 atom stereocenters. The van der Waals surface area contributed by atoms with Gasteiger partial charge >= 0.3 is 0 Å². The average Bonchev–Trinajstić information content (AvgIpc) is 3.03. The smallest absolute Gasteiger partial charge is 0.268 e. The second-order valence-corrected chi connectivity index (χ2v) is 11.3. The Morgan fingerprint density at radius 3 is 2.58 bits per heavy atom. The molecule has 1 unspecified atom stereocenters. The normalized spacial score (nSPS) is 14.4. The highest BCUT2D eigenvalue weighted by Crippen LogP contribution is 2.26. The first-order chi connectivity index (χ1) is 21.2. The molecule has 0 radical (unpaired) electrons. The number of nitrogens with one attached hydrogen (secondary N) is 3. The predicted molar refractivity (Wildman–Crippen MR) is 179 cm³/mol. The summed E-state index contributed by atoms with van der Waals surface area (Å²) in [6.07, 6.45) is 2.49. The van der Waals surface area contributed by atoms with Crippen LogP contribution in [0.2, 0.25) is 5.02 Å².